The van der Waals surface area contributed by atoms with Crippen molar-refractivity contribution in [3.63, 3.8) is 0 Å². The highest BCUT2D eigenvalue weighted by molar-refractivity contribution is 5.55. The van der Waals surface area contributed by atoms with Crippen LogP contribution in [0.4, 0.5) is 4.39 Å². The number of hydrogen-bond donors (Lipinski definition) is 0. The molecule has 0 saturated heterocycles. The highest BCUT2D eigenvalue weighted by Gasteiger charge is 2.10. The first-order valence-electron chi connectivity index (χ1n) is 14.8. The van der Waals surface area contributed by atoms with Crippen LogP contribution in [0.25, 0.3) is 11.4 Å². The number of nitrogens with zero attached hydrogens (tertiary/aromatic N) is 2. The van der Waals surface area contributed by atoms with Gasteiger partial charge in [0.25, 0.3) is 0 Å². The van der Waals surface area contributed by atoms with E-state index in [1.807, 2.05) is 36.7 Å². The second kappa shape index (κ2) is 19.2. The molecule has 1 aromatic carbocycles. The zero-order valence-electron chi connectivity index (χ0n) is 23.3. The summed E-state index contributed by atoms with van der Waals surface area (Å²) in [6.07, 6.45) is 21.9. The second-order valence-electron chi connectivity index (χ2n) is 10.6. The van der Waals surface area contributed by atoms with Crippen molar-refractivity contribution in [3.05, 3.63) is 42.2 Å². The second-order valence-corrected chi connectivity index (χ2v) is 10.6. The fourth-order valence-corrected chi connectivity index (χ4v) is 4.60. The molecule has 202 valence electrons. The van der Waals surface area contributed by atoms with Crippen LogP contribution in [-0.2, 0) is 6.42 Å². The molecule has 0 aliphatic carbocycles. The highest BCUT2D eigenvalue weighted by Crippen LogP contribution is 2.21. The monoisotopic (exact) mass is 498 g/mol. The molecule has 3 nitrogen and oxygen atoms in total. The minimum atomic E-state index is -0.782. The van der Waals surface area contributed by atoms with Crippen LogP contribution in [0.15, 0.2) is 36.7 Å². The Morgan fingerprint density at radius 3 is 2.00 bits per heavy atom. The van der Waals surface area contributed by atoms with Gasteiger partial charge < -0.3 is 4.74 Å². The van der Waals surface area contributed by atoms with Gasteiger partial charge in [0.15, 0.2) is 5.82 Å². The summed E-state index contributed by atoms with van der Waals surface area (Å²) < 4.78 is 20.0. The van der Waals surface area contributed by atoms with Gasteiger partial charge in [-0.15, -0.1) is 0 Å². The van der Waals surface area contributed by atoms with Gasteiger partial charge in [0.2, 0.25) is 0 Å². The Kier molecular flexibility index (Phi) is 16.1. The largest absolute Gasteiger partial charge is 0.493 e. The molecule has 0 spiro atoms. The highest BCUT2D eigenvalue weighted by atomic mass is 19.1. The van der Waals surface area contributed by atoms with E-state index in [9.17, 15) is 4.39 Å². The molecule has 4 heteroatoms. The van der Waals surface area contributed by atoms with Crippen molar-refractivity contribution in [2.75, 3.05) is 6.61 Å². The number of halogens is 1. The number of aromatic nitrogens is 2. The Balaban J connectivity index is 1.62. The van der Waals surface area contributed by atoms with Crippen molar-refractivity contribution >= 4 is 0 Å². The predicted octanol–water partition coefficient (Wildman–Crippen LogP) is 9.93. The molecule has 0 saturated carbocycles. The molecule has 0 N–H and O–H groups in total. The minimum Gasteiger partial charge on any atom is -0.493 e. The van der Waals surface area contributed by atoms with Gasteiger partial charge in [-0.3, -0.25) is 0 Å². The molecule has 2 aromatic rings. The van der Waals surface area contributed by atoms with Crippen LogP contribution in [0.3, 0.4) is 0 Å². The predicted molar refractivity (Wildman–Crippen MR) is 151 cm³/mol. The number of hydrogen-bond acceptors (Lipinski definition) is 3. The first-order valence-corrected chi connectivity index (χ1v) is 14.8. The molecule has 0 radical (unpaired) electrons. The topological polar surface area (TPSA) is 35.0 Å². The van der Waals surface area contributed by atoms with Crippen molar-refractivity contribution in [2.45, 2.75) is 130 Å². The molecule has 0 bridgehead atoms. The summed E-state index contributed by atoms with van der Waals surface area (Å²) >= 11 is 0. The summed E-state index contributed by atoms with van der Waals surface area (Å²) in [7, 11) is 0. The van der Waals surface area contributed by atoms with Crippen LogP contribution in [-0.4, -0.2) is 22.7 Å². The quantitative estimate of drug-likeness (QED) is 0.161. The summed E-state index contributed by atoms with van der Waals surface area (Å²) in [6, 6.07) is 7.81. The zero-order valence-corrected chi connectivity index (χ0v) is 23.3. The van der Waals surface area contributed by atoms with E-state index in [1.54, 1.807) is 0 Å². The van der Waals surface area contributed by atoms with Gasteiger partial charge >= 0.3 is 0 Å². The first-order chi connectivity index (χ1) is 17.6. The Bertz CT molecular complexity index is 778. The molecule has 0 fully saturated rings. The van der Waals surface area contributed by atoms with E-state index in [1.165, 1.54) is 82.6 Å². The summed E-state index contributed by atoms with van der Waals surface area (Å²) in [5, 5.41) is 0. The van der Waals surface area contributed by atoms with Crippen LogP contribution in [0.5, 0.6) is 5.75 Å². The van der Waals surface area contributed by atoms with E-state index in [0.29, 0.717) is 25.4 Å². The molecule has 0 amide bonds. The van der Waals surface area contributed by atoms with Gasteiger partial charge in [-0.05, 0) is 61.4 Å². The standard InChI is InChI=1S/C32H51FN2O/c1-4-6-8-9-10-11-12-14-16-28-25-34-32(35-26-28)29-18-21-31(22-19-29)36-24-23-30(33)20-17-27(3)15-13-7-5-2/h18-19,21-22,25-27,30H,4-17,20,23-24H2,1-3H3. The van der Waals surface area contributed by atoms with Crippen molar-refractivity contribution < 1.29 is 9.13 Å². The summed E-state index contributed by atoms with van der Waals surface area (Å²) in [4.78, 5) is 9.14. The maximum Gasteiger partial charge on any atom is 0.159 e. The third kappa shape index (κ3) is 13.4. The summed E-state index contributed by atoms with van der Waals surface area (Å²) in [5.41, 5.74) is 2.18. The smallest absolute Gasteiger partial charge is 0.159 e. The number of ether oxygens (including phenoxy) is 1. The lowest BCUT2D eigenvalue weighted by atomic mass is 9.96. The molecule has 2 rings (SSSR count). The normalized spacial score (nSPS) is 13.0. The van der Waals surface area contributed by atoms with Crippen LogP contribution < -0.4 is 4.74 Å². The van der Waals surface area contributed by atoms with Crippen molar-refractivity contribution in [1.29, 1.82) is 0 Å². The SMILES string of the molecule is CCCCCCCCCCc1cnc(-c2ccc(OCCC(F)CCC(C)CCCCC)cc2)nc1. The van der Waals surface area contributed by atoms with Gasteiger partial charge in [-0.2, -0.15) is 0 Å². The lowest BCUT2D eigenvalue weighted by molar-refractivity contribution is 0.216. The summed E-state index contributed by atoms with van der Waals surface area (Å²) in [5.74, 6) is 2.12. The van der Waals surface area contributed by atoms with E-state index in [-0.39, 0.29) is 0 Å². The third-order valence-electron chi connectivity index (χ3n) is 7.11. The van der Waals surface area contributed by atoms with Gasteiger partial charge in [0.1, 0.15) is 11.9 Å². The molecule has 2 atom stereocenters. The number of aryl methyl sites for hydroxylation is 1. The number of rotatable bonds is 21. The van der Waals surface area contributed by atoms with Crippen molar-refractivity contribution in [2.24, 2.45) is 5.92 Å². The van der Waals surface area contributed by atoms with Crippen LogP contribution in [0.2, 0.25) is 0 Å². The van der Waals surface area contributed by atoms with Gasteiger partial charge in [-0.1, -0.05) is 91.4 Å². The Morgan fingerprint density at radius 1 is 0.722 bits per heavy atom. The van der Waals surface area contributed by atoms with Crippen molar-refractivity contribution in [1.82, 2.24) is 9.97 Å². The maximum atomic E-state index is 14.2. The number of alkyl halides is 1. The molecular weight excluding hydrogens is 447 g/mol. The molecule has 0 aliphatic rings. The van der Waals surface area contributed by atoms with E-state index < -0.39 is 6.17 Å². The zero-order chi connectivity index (χ0) is 25.8. The van der Waals surface area contributed by atoms with E-state index in [4.69, 9.17) is 4.74 Å². The molecule has 2 unspecified atom stereocenters. The fraction of sp³-hybridized carbons (Fsp3) is 0.688. The minimum absolute atomic E-state index is 0.411. The summed E-state index contributed by atoms with van der Waals surface area (Å²) in [6.45, 7) is 7.14. The first kappa shape index (κ1) is 30.3. The van der Waals surface area contributed by atoms with Gasteiger partial charge in [0, 0.05) is 24.4 Å². The van der Waals surface area contributed by atoms with Crippen molar-refractivity contribution in [3.8, 4) is 17.1 Å². The average molecular weight is 499 g/mol. The Labute approximate surface area is 220 Å². The van der Waals surface area contributed by atoms with Gasteiger partial charge in [-0.25, -0.2) is 14.4 Å². The Morgan fingerprint density at radius 2 is 1.33 bits per heavy atom. The third-order valence-corrected chi connectivity index (χ3v) is 7.11. The van der Waals surface area contributed by atoms with Crippen LogP contribution in [0.1, 0.15) is 123 Å². The van der Waals surface area contributed by atoms with E-state index in [0.717, 1.165) is 30.0 Å². The fourth-order valence-electron chi connectivity index (χ4n) is 4.60. The van der Waals surface area contributed by atoms with Crippen LogP contribution >= 0.6 is 0 Å². The average Bonchev–Trinajstić information content (AvgIpc) is 2.90. The lowest BCUT2D eigenvalue weighted by Crippen LogP contribution is -2.09. The molecule has 1 heterocycles. The lowest BCUT2D eigenvalue weighted by Gasteiger charge is -2.14. The molecule has 1 aromatic heterocycles. The van der Waals surface area contributed by atoms with Gasteiger partial charge in [0.05, 0.1) is 6.61 Å². The van der Waals surface area contributed by atoms with E-state index >= 15 is 0 Å². The van der Waals surface area contributed by atoms with Crippen LogP contribution in [0, 0.1) is 5.92 Å². The number of benzene rings is 1. The molecule has 0 aliphatic heterocycles. The molecule has 36 heavy (non-hydrogen) atoms. The maximum absolute atomic E-state index is 14.2. The van der Waals surface area contributed by atoms with E-state index in [2.05, 4.69) is 30.7 Å². The Hall–Kier alpha value is -1.97. The number of unbranched alkanes of at least 4 members (excludes halogenated alkanes) is 9. The molecular formula is C32H51FN2O.